The van der Waals surface area contributed by atoms with Gasteiger partial charge in [-0.1, -0.05) is 12.1 Å². The van der Waals surface area contributed by atoms with Gasteiger partial charge < -0.3 is 23.8 Å². The van der Waals surface area contributed by atoms with E-state index in [0.29, 0.717) is 54.5 Å². The Labute approximate surface area is 181 Å². The molecule has 31 heavy (non-hydrogen) atoms. The molecular weight excluding hydrogens is 398 g/mol. The Morgan fingerprint density at radius 1 is 1.10 bits per heavy atom. The first-order chi connectivity index (χ1) is 14.9. The number of carbonyl (C=O) groups is 2. The van der Waals surface area contributed by atoms with Gasteiger partial charge in [0, 0.05) is 38.1 Å². The van der Waals surface area contributed by atoms with Gasteiger partial charge in [-0.05, 0) is 24.6 Å². The predicted octanol–water partition coefficient (Wildman–Crippen LogP) is 3.42. The summed E-state index contributed by atoms with van der Waals surface area (Å²) >= 11 is 0. The van der Waals surface area contributed by atoms with Crippen molar-refractivity contribution in [3.63, 3.8) is 0 Å². The van der Waals surface area contributed by atoms with E-state index in [-0.39, 0.29) is 24.7 Å². The number of carbonyl (C=O) groups excluding carboxylic acids is 2. The molecule has 1 saturated heterocycles. The van der Waals surface area contributed by atoms with Gasteiger partial charge in [0.2, 0.25) is 0 Å². The number of piperidine rings is 1. The standard InChI is InChI=1S/C24H27NO6/c1-16-5-4-6-17(11-16)30-15-22(27)25-9-7-24(8-10-25)14-19(26)23-20(29-3)12-18(28-2)13-21(23)31-24/h4-6,11-13H,7-10,14-15H2,1-3H3. The van der Waals surface area contributed by atoms with Crippen molar-refractivity contribution in [2.75, 3.05) is 33.9 Å². The predicted molar refractivity (Wildman–Crippen MR) is 114 cm³/mol. The fourth-order valence-electron chi connectivity index (χ4n) is 4.23. The fourth-order valence-corrected chi connectivity index (χ4v) is 4.23. The number of ketones is 1. The van der Waals surface area contributed by atoms with Crippen molar-refractivity contribution in [2.45, 2.75) is 31.8 Å². The normalized spacial score (nSPS) is 17.0. The van der Waals surface area contributed by atoms with Gasteiger partial charge in [0.15, 0.2) is 12.4 Å². The molecule has 0 N–H and O–H groups in total. The summed E-state index contributed by atoms with van der Waals surface area (Å²) in [4.78, 5) is 27.3. The van der Waals surface area contributed by atoms with Crippen molar-refractivity contribution in [3.05, 3.63) is 47.5 Å². The molecule has 2 aliphatic heterocycles. The Balaban J connectivity index is 1.41. The first-order valence-corrected chi connectivity index (χ1v) is 10.4. The molecule has 7 nitrogen and oxygen atoms in total. The van der Waals surface area contributed by atoms with Crippen LogP contribution in [0, 0.1) is 6.92 Å². The smallest absolute Gasteiger partial charge is 0.260 e. The van der Waals surface area contributed by atoms with Crippen LogP contribution in [0.3, 0.4) is 0 Å². The third kappa shape index (κ3) is 4.31. The summed E-state index contributed by atoms with van der Waals surface area (Å²) in [6, 6.07) is 11.0. The molecule has 0 bridgehead atoms. The SMILES string of the molecule is COc1cc(OC)c2c(c1)OC1(CCN(C(=O)COc3cccc(C)c3)CC1)CC2=O. The molecule has 1 spiro atoms. The lowest BCUT2D eigenvalue weighted by molar-refractivity contribution is -0.136. The largest absolute Gasteiger partial charge is 0.496 e. The molecule has 164 valence electrons. The number of fused-ring (bicyclic) bond motifs is 1. The molecule has 0 radical (unpaired) electrons. The highest BCUT2D eigenvalue weighted by molar-refractivity contribution is 6.03. The molecule has 7 heteroatoms. The maximum Gasteiger partial charge on any atom is 0.260 e. The number of hydrogen-bond acceptors (Lipinski definition) is 6. The third-order valence-electron chi connectivity index (χ3n) is 5.96. The Hall–Kier alpha value is -3.22. The summed E-state index contributed by atoms with van der Waals surface area (Å²) in [6.07, 6.45) is 1.42. The second kappa shape index (κ2) is 8.49. The second-order valence-corrected chi connectivity index (χ2v) is 8.07. The summed E-state index contributed by atoms with van der Waals surface area (Å²) < 4.78 is 22.7. The molecular formula is C24H27NO6. The number of methoxy groups -OCH3 is 2. The average Bonchev–Trinajstić information content (AvgIpc) is 2.77. The van der Waals surface area contributed by atoms with E-state index in [2.05, 4.69) is 0 Å². The number of amides is 1. The van der Waals surface area contributed by atoms with Gasteiger partial charge >= 0.3 is 0 Å². The van der Waals surface area contributed by atoms with Crippen LogP contribution in [0.15, 0.2) is 36.4 Å². The first-order valence-electron chi connectivity index (χ1n) is 10.4. The molecule has 0 aliphatic carbocycles. The zero-order valence-electron chi connectivity index (χ0n) is 18.1. The Bertz CT molecular complexity index is 994. The lowest BCUT2D eigenvalue weighted by atomic mass is 9.82. The van der Waals surface area contributed by atoms with Gasteiger partial charge in [0.1, 0.15) is 34.2 Å². The highest BCUT2D eigenvalue weighted by Gasteiger charge is 2.45. The number of likely N-dealkylation sites (tertiary alicyclic amines) is 1. The average molecular weight is 425 g/mol. The quantitative estimate of drug-likeness (QED) is 0.731. The Kier molecular flexibility index (Phi) is 5.76. The Morgan fingerprint density at radius 3 is 2.55 bits per heavy atom. The molecule has 0 saturated carbocycles. The van der Waals surface area contributed by atoms with Crippen LogP contribution in [0.25, 0.3) is 0 Å². The topological polar surface area (TPSA) is 74.3 Å². The van der Waals surface area contributed by atoms with Gasteiger partial charge in [-0.2, -0.15) is 0 Å². The van der Waals surface area contributed by atoms with Crippen LogP contribution >= 0.6 is 0 Å². The van der Waals surface area contributed by atoms with E-state index in [1.807, 2.05) is 31.2 Å². The molecule has 2 aromatic rings. The molecule has 0 atom stereocenters. The first kappa shape index (κ1) is 21.0. The highest BCUT2D eigenvalue weighted by atomic mass is 16.5. The maximum atomic E-state index is 12.9. The number of aryl methyl sites for hydroxylation is 1. The minimum atomic E-state index is -0.615. The van der Waals surface area contributed by atoms with Crippen molar-refractivity contribution in [1.82, 2.24) is 4.90 Å². The van der Waals surface area contributed by atoms with Crippen LogP contribution < -0.4 is 18.9 Å². The number of hydrogen-bond donors (Lipinski definition) is 0. The number of Topliss-reactive ketones (excluding diaryl/α,β-unsaturated/α-hetero) is 1. The fraction of sp³-hybridized carbons (Fsp3) is 0.417. The number of nitrogens with zero attached hydrogens (tertiary/aromatic N) is 1. The Morgan fingerprint density at radius 2 is 1.87 bits per heavy atom. The maximum absolute atomic E-state index is 12.9. The van der Waals surface area contributed by atoms with Crippen LogP contribution in [0.5, 0.6) is 23.0 Å². The van der Waals surface area contributed by atoms with E-state index in [0.717, 1.165) is 5.56 Å². The molecule has 0 unspecified atom stereocenters. The van der Waals surface area contributed by atoms with Crippen LogP contribution in [0.2, 0.25) is 0 Å². The van der Waals surface area contributed by atoms with Crippen molar-refractivity contribution < 1.29 is 28.5 Å². The van der Waals surface area contributed by atoms with Gasteiger partial charge in [-0.15, -0.1) is 0 Å². The summed E-state index contributed by atoms with van der Waals surface area (Å²) in [7, 11) is 3.08. The van der Waals surface area contributed by atoms with Crippen molar-refractivity contribution in [1.29, 1.82) is 0 Å². The molecule has 0 aromatic heterocycles. The molecule has 2 aliphatic rings. The highest BCUT2D eigenvalue weighted by Crippen LogP contribution is 2.44. The summed E-state index contributed by atoms with van der Waals surface area (Å²) in [5, 5.41) is 0. The number of benzene rings is 2. The summed E-state index contributed by atoms with van der Waals surface area (Å²) in [6.45, 7) is 3.00. The second-order valence-electron chi connectivity index (χ2n) is 8.07. The van der Waals surface area contributed by atoms with Gasteiger partial charge in [-0.3, -0.25) is 9.59 Å². The van der Waals surface area contributed by atoms with E-state index in [9.17, 15) is 9.59 Å². The molecule has 1 amide bonds. The van der Waals surface area contributed by atoms with E-state index in [4.69, 9.17) is 18.9 Å². The van der Waals surface area contributed by atoms with Crippen molar-refractivity contribution in [2.24, 2.45) is 0 Å². The van der Waals surface area contributed by atoms with Gasteiger partial charge in [-0.25, -0.2) is 0 Å². The van der Waals surface area contributed by atoms with Crippen LogP contribution in [0.4, 0.5) is 0 Å². The third-order valence-corrected chi connectivity index (χ3v) is 5.96. The molecule has 2 heterocycles. The van der Waals surface area contributed by atoms with E-state index < -0.39 is 5.60 Å². The number of rotatable bonds is 5. The van der Waals surface area contributed by atoms with Crippen LogP contribution in [0.1, 0.15) is 35.2 Å². The minimum absolute atomic E-state index is 0.00648. The minimum Gasteiger partial charge on any atom is -0.496 e. The summed E-state index contributed by atoms with van der Waals surface area (Å²) in [5.41, 5.74) is 0.923. The zero-order chi connectivity index (χ0) is 22.0. The lowest BCUT2D eigenvalue weighted by Crippen LogP contribution is -2.53. The zero-order valence-corrected chi connectivity index (χ0v) is 18.1. The van der Waals surface area contributed by atoms with Crippen LogP contribution in [-0.2, 0) is 4.79 Å². The van der Waals surface area contributed by atoms with Gasteiger partial charge in [0.25, 0.3) is 5.91 Å². The van der Waals surface area contributed by atoms with E-state index >= 15 is 0 Å². The molecule has 1 fully saturated rings. The summed E-state index contributed by atoms with van der Waals surface area (Å²) in [5.74, 6) is 2.11. The van der Waals surface area contributed by atoms with Crippen molar-refractivity contribution >= 4 is 11.7 Å². The molecule has 4 rings (SSSR count). The van der Waals surface area contributed by atoms with Crippen LogP contribution in [-0.4, -0.2) is 56.1 Å². The van der Waals surface area contributed by atoms with Gasteiger partial charge in [0.05, 0.1) is 20.6 Å². The number of ether oxygens (including phenoxy) is 4. The lowest BCUT2D eigenvalue weighted by Gasteiger charge is -2.44. The van der Waals surface area contributed by atoms with E-state index in [1.165, 1.54) is 7.11 Å². The molecule has 2 aromatic carbocycles. The monoisotopic (exact) mass is 425 g/mol. The van der Waals surface area contributed by atoms with E-state index in [1.54, 1.807) is 24.1 Å². The van der Waals surface area contributed by atoms with Crippen molar-refractivity contribution in [3.8, 4) is 23.0 Å².